The molecule has 5 aliphatic rings. The molecule has 0 aromatic heterocycles. The van der Waals surface area contributed by atoms with Crippen LogP contribution in [0.1, 0.15) is 51.9 Å². The maximum atomic E-state index is 4.03. The Labute approximate surface area is 116 Å². The zero-order valence-electron chi connectivity index (χ0n) is 11.7. The van der Waals surface area contributed by atoms with Crippen LogP contribution in [0.15, 0.2) is 0 Å². The Balaban J connectivity index is 1.40. The number of rotatable bonds is 3. The summed E-state index contributed by atoms with van der Waals surface area (Å²) in [5.74, 6) is 5.69. The molecule has 4 bridgehead atoms. The van der Waals surface area contributed by atoms with E-state index in [1.54, 1.807) is 32.1 Å². The molecule has 1 heterocycles. The fourth-order valence-electron chi connectivity index (χ4n) is 5.57. The Hall–Kier alpha value is 0.310. The smallest absolute Gasteiger partial charge is 0.0256 e. The van der Waals surface area contributed by atoms with Gasteiger partial charge >= 0.3 is 0 Å². The highest BCUT2D eigenvalue weighted by Crippen LogP contribution is 2.53. The first-order chi connectivity index (χ1) is 8.72. The third-order valence-corrected chi connectivity index (χ3v) is 7.78. The van der Waals surface area contributed by atoms with Crippen molar-refractivity contribution in [1.82, 2.24) is 5.32 Å². The molecular weight excluding hydrogens is 238 g/mol. The Morgan fingerprint density at radius 3 is 2.28 bits per heavy atom. The SMILES string of the molecule is CC1(CNC2C3CC4CC(C3)CC2C4)CCCS1. The van der Waals surface area contributed by atoms with Crippen molar-refractivity contribution in [3.63, 3.8) is 0 Å². The molecule has 0 radical (unpaired) electrons. The van der Waals surface area contributed by atoms with Gasteiger partial charge in [-0.1, -0.05) is 0 Å². The van der Waals surface area contributed by atoms with Crippen molar-refractivity contribution in [3.05, 3.63) is 0 Å². The van der Waals surface area contributed by atoms with Crippen LogP contribution in [0.25, 0.3) is 0 Å². The minimum atomic E-state index is 0.550. The van der Waals surface area contributed by atoms with E-state index in [1.165, 1.54) is 25.1 Å². The largest absolute Gasteiger partial charge is 0.312 e. The lowest BCUT2D eigenvalue weighted by Gasteiger charge is -2.55. The molecule has 1 aliphatic heterocycles. The normalized spacial score (nSPS) is 54.2. The van der Waals surface area contributed by atoms with Gasteiger partial charge in [-0.25, -0.2) is 0 Å². The van der Waals surface area contributed by atoms with Crippen molar-refractivity contribution in [2.45, 2.75) is 62.7 Å². The van der Waals surface area contributed by atoms with Crippen LogP contribution in [-0.4, -0.2) is 23.1 Å². The summed E-state index contributed by atoms with van der Waals surface area (Å²) in [5.41, 5.74) is 0. The number of hydrogen-bond donors (Lipinski definition) is 1. The molecule has 1 saturated heterocycles. The summed E-state index contributed by atoms with van der Waals surface area (Å²) in [5, 5.41) is 4.03. The number of nitrogens with one attached hydrogen (secondary N) is 1. The van der Waals surface area contributed by atoms with Crippen molar-refractivity contribution in [1.29, 1.82) is 0 Å². The minimum absolute atomic E-state index is 0.550. The van der Waals surface area contributed by atoms with E-state index >= 15 is 0 Å². The van der Waals surface area contributed by atoms with Crippen LogP contribution < -0.4 is 5.32 Å². The standard InChI is InChI=1S/C16H27NS/c1-16(3-2-4-18-16)10-17-15-13-6-11-5-12(8-13)9-14(15)7-11/h11-15,17H,2-10H2,1H3. The maximum Gasteiger partial charge on any atom is 0.0256 e. The average Bonchev–Trinajstić information content (AvgIpc) is 2.75. The second-order valence-corrected chi connectivity index (χ2v) is 9.42. The Kier molecular flexibility index (Phi) is 2.96. The summed E-state index contributed by atoms with van der Waals surface area (Å²) < 4.78 is 0.550. The van der Waals surface area contributed by atoms with Gasteiger partial charge in [-0.15, -0.1) is 0 Å². The van der Waals surface area contributed by atoms with Crippen LogP contribution in [0, 0.1) is 23.7 Å². The molecule has 1 atom stereocenters. The van der Waals surface area contributed by atoms with Crippen molar-refractivity contribution < 1.29 is 0 Å². The Bertz CT molecular complexity index is 293. The first-order valence-electron chi connectivity index (χ1n) is 8.09. The van der Waals surface area contributed by atoms with E-state index in [9.17, 15) is 0 Å². The highest BCUT2D eigenvalue weighted by Gasteiger charge is 2.48. The Morgan fingerprint density at radius 2 is 1.72 bits per heavy atom. The molecule has 2 heteroatoms. The topological polar surface area (TPSA) is 12.0 Å². The molecule has 102 valence electrons. The fourth-order valence-corrected chi connectivity index (χ4v) is 6.82. The van der Waals surface area contributed by atoms with Crippen molar-refractivity contribution in [2.24, 2.45) is 23.7 Å². The van der Waals surface area contributed by atoms with E-state index in [4.69, 9.17) is 0 Å². The molecule has 5 fully saturated rings. The predicted molar refractivity (Wildman–Crippen MR) is 78.9 cm³/mol. The van der Waals surface area contributed by atoms with Gasteiger partial charge in [0.1, 0.15) is 0 Å². The predicted octanol–water partition coefficient (Wildman–Crippen LogP) is 3.69. The van der Waals surface area contributed by atoms with Gasteiger partial charge in [0.25, 0.3) is 0 Å². The van der Waals surface area contributed by atoms with Crippen molar-refractivity contribution >= 4 is 11.8 Å². The first-order valence-corrected chi connectivity index (χ1v) is 9.08. The Morgan fingerprint density at radius 1 is 1.06 bits per heavy atom. The van der Waals surface area contributed by atoms with E-state index in [-0.39, 0.29) is 0 Å². The van der Waals surface area contributed by atoms with E-state index in [0.29, 0.717) is 4.75 Å². The van der Waals surface area contributed by atoms with Crippen LogP contribution in [-0.2, 0) is 0 Å². The molecule has 4 saturated carbocycles. The van der Waals surface area contributed by atoms with E-state index in [0.717, 1.165) is 29.7 Å². The van der Waals surface area contributed by atoms with Crippen molar-refractivity contribution in [2.75, 3.05) is 12.3 Å². The van der Waals surface area contributed by atoms with Crippen molar-refractivity contribution in [3.8, 4) is 0 Å². The van der Waals surface area contributed by atoms with Gasteiger partial charge in [0.05, 0.1) is 0 Å². The lowest BCUT2D eigenvalue weighted by molar-refractivity contribution is -0.0141. The quantitative estimate of drug-likeness (QED) is 0.835. The van der Waals surface area contributed by atoms with Gasteiger partial charge in [-0.05, 0) is 81.3 Å². The maximum absolute atomic E-state index is 4.03. The molecule has 0 aromatic rings. The molecule has 4 aliphatic carbocycles. The van der Waals surface area contributed by atoms with Crippen LogP contribution in [0.5, 0.6) is 0 Å². The third kappa shape index (κ3) is 2.04. The minimum Gasteiger partial charge on any atom is -0.312 e. The molecule has 1 N–H and O–H groups in total. The molecule has 0 spiro atoms. The zero-order valence-corrected chi connectivity index (χ0v) is 12.5. The third-order valence-electron chi connectivity index (χ3n) is 6.24. The van der Waals surface area contributed by atoms with E-state index in [2.05, 4.69) is 24.0 Å². The molecule has 0 amide bonds. The van der Waals surface area contributed by atoms with Gasteiger partial charge in [0.2, 0.25) is 0 Å². The second kappa shape index (κ2) is 4.41. The van der Waals surface area contributed by atoms with E-state index < -0.39 is 0 Å². The molecular formula is C16H27NS. The molecule has 18 heavy (non-hydrogen) atoms. The molecule has 5 rings (SSSR count). The van der Waals surface area contributed by atoms with Gasteiger partial charge in [-0.2, -0.15) is 11.8 Å². The van der Waals surface area contributed by atoms with Gasteiger partial charge < -0.3 is 5.32 Å². The highest BCUT2D eigenvalue weighted by atomic mass is 32.2. The molecule has 1 unspecified atom stereocenters. The lowest BCUT2D eigenvalue weighted by Crippen LogP contribution is -2.56. The van der Waals surface area contributed by atoms with Crippen LogP contribution >= 0.6 is 11.8 Å². The van der Waals surface area contributed by atoms with Crippen LogP contribution in [0.3, 0.4) is 0 Å². The highest BCUT2D eigenvalue weighted by molar-refractivity contribution is 8.00. The number of hydrogen-bond acceptors (Lipinski definition) is 2. The first kappa shape index (κ1) is 12.1. The summed E-state index contributed by atoms with van der Waals surface area (Å²) >= 11 is 2.21. The molecule has 0 aromatic carbocycles. The lowest BCUT2D eigenvalue weighted by atomic mass is 9.54. The monoisotopic (exact) mass is 265 g/mol. The average molecular weight is 265 g/mol. The second-order valence-electron chi connectivity index (χ2n) is 7.74. The number of thioether (sulfide) groups is 1. The summed E-state index contributed by atoms with van der Waals surface area (Å²) in [6.45, 7) is 3.75. The van der Waals surface area contributed by atoms with Gasteiger partial charge in [0, 0.05) is 17.3 Å². The zero-order chi connectivity index (χ0) is 12.2. The summed E-state index contributed by atoms with van der Waals surface area (Å²) in [6.07, 6.45) is 10.6. The van der Waals surface area contributed by atoms with Crippen LogP contribution in [0.2, 0.25) is 0 Å². The van der Waals surface area contributed by atoms with E-state index in [1.807, 2.05) is 0 Å². The van der Waals surface area contributed by atoms with Gasteiger partial charge in [0.15, 0.2) is 0 Å². The summed E-state index contributed by atoms with van der Waals surface area (Å²) in [7, 11) is 0. The molecule has 1 nitrogen and oxygen atoms in total. The summed E-state index contributed by atoms with van der Waals surface area (Å²) in [4.78, 5) is 0. The summed E-state index contributed by atoms with van der Waals surface area (Å²) in [6, 6.07) is 0.885. The van der Waals surface area contributed by atoms with Crippen LogP contribution in [0.4, 0.5) is 0 Å². The fraction of sp³-hybridized carbons (Fsp3) is 1.00. The van der Waals surface area contributed by atoms with Gasteiger partial charge in [-0.3, -0.25) is 0 Å².